The minimum atomic E-state index is -4.36. The van der Waals surface area contributed by atoms with Crippen LogP contribution in [0.5, 0.6) is 0 Å². The highest BCUT2D eigenvalue weighted by molar-refractivity contribution is 7.47. The van der Waals surface area contributed by atoms with Gasteiger partial charge in [0.1, 0.15) is 21.8 Å². The highest BCUT2D eigenvalue weighted by Gasteiger charge is 2.39. The van der Waals surface area contributed by atoms with Crippen LogP contribution < -0.4 is 0 Å². The van der Waals surface area contributed by atoms with Gasteiger partial charge in [-0.15, -0.1) is 0 Å². The lowest BCUT2D eigenvalue weighted by molar-refractivity contribution is -0.0145. The van der Waals surface area contributed by atoms with Crippen molar-refractivity contribution in [1.29, 1.82) is 0 Å². The average molecular weight is 318 g/mol. The molecule has 116 valence electrons. The molecule has 2 aliphatic heterocycles. The number of aliphatic hydroxyl groups is 2. The van der Waals surface area contributed by atoms with Crippen LogP contribution in [0.4, 0.5) is 0 Å². The fourth-order valence-corrected chi connectivity index (χ4v) is 3.26. The maximum absolute atomic E-state index is 11.8. The predicted molar refractivity (Wildman–Crippen MR) is 71.8 cm³/mol. The van der Waals surface area contributed by atoms with E-state index >= 15 is 0 Å². The van der Waals surface area contributed by atoms with Crippen molar-refractivity contribution in [3.63, 3.8) is 0 Å². The van der Waals surface area contributed by atoms with Gasteiger partial charge in [0.15, 0.2) is 0 Å². The monoisotopic (exact) mass is 318 g/mol. The highest BCUT2D eigenvalue weighted by atomic mass is 31.2. The molecule has 2 fully saturated rings. The van der Waals surface area contributed by atoms with Gasteiger partial charge in [-0.25, -0.2) is 4.57 Å². The summed E-state index contributed by atoms with van der Waals surface area (Å²) in [5.41, 5.74) is 0. The van der Waals surface area contributed by atoms with E-state index in [-0.39, 0.29) is 26.1 Å². The number of phosphoric ester groups is 1. The molecular weight excluding hydrogens is 301 g/mol. The van der Waals surface area contributed by atoms with E-state index in [1.165, 1.54) is 0 Å². The summed E-state index contributed by atoms with van der Waals surface area (Å²) in [5, 5.41) is 18.5. The second kappa shape index (κ2) is 7.10. The molecule has 2 aliphatic rings. The number of hydrogen-bond acceptors (Lipinski definition) is 7. The first kappa shape index (κ1) is 17.4. The van der Waals surface area contributed by atoms with E-state index in [2.05, 4.69) is 0 Å². The van der Waals surface area contributed by atoms with Gasteiger partial charge in [-0.2, -0.15) is 0 Å². The number of hydrogen-bond donors (Lipinski definition) is 3. The third kappa shape index (κ3) is 4.77. The molecule has 7 unspecified atom stereocenters. The standard InChI is InChI=1S/C10H17B2O8P/c11-9-2-7(8(3-13)19-9)20-21(15,16)17-4-5-1-6(14)10(12)18-5/h5-10,13-14H,1-4H2,(H,15,16). The molecule has 0 aromatic carbocycles. The van der Waals surface area contributed by atoms with E-state index in [1.54, 1.807) is 0 Å². The largest absolute Gasteiger partial charge is 0.472 e. The van der Waals surface area contributed by atoms with Crippen molar-refractivity contribution >= 4 is 23.5 Å². The Morgan fingerprint density at radius 3 is 2.57 bits per heavy atom. The summed E-state index contributed by atoms with van der Waals surface area (Å²) in [6.07, 6.45) is -2.66. The van der Waals surface area contributed by atoms with Crippen LogP contribution in [-0.4, -0.2) is 80.4 Å². The van der Waals surface area contributed by atoms with Crippen LogP contribution in [0.3, 0.4) is 0 Å². The molecule has 0 aliphatic carbocycles. The first-order chi connectivity index (χ1) is 9.80. The van der Waals surface area contributed by atoms with Crippen LogP contribution >= 0.6 is 7.82 Å². The van der Waals surface area contributed by atoms with E-state index in [1.807, 2.05) is 0 Å². The van der Waals surface area contributed by atoms with E-state index < -0.39 is 44.2 Å². The minimum absolute atomic E-state index is 0.169. The van der Waals surface area contributed by atoms with Crippen molar-refractivity contribution in [1.82, 2.24) is 0 Å². The van der Waals surface area contributed by atoms with Crippen LogP contribution in [0, 0.1) is 0 Å². The molecule has 0 amide bonds. The zero-order valence-corrected chi connectivity index (χ0v) is 12.2. The van der Waals surface area contributed by atoms with Crippen molar-refractivity contribution in [2.45, 2.75) is 49.3 Å². The molecule has 8 nitrogen and oxygen atoms in total. The lowest BCUT2D eigenvalue weighted by Crippen LogP contribution is -2.27. The first-order valence-electron chi connectivity index (χ1n) is 6.57. The average Bonchev–Trinajstić information content (AvgIpc) is 2.90. The van der Waals surface area contributed by atoms with E-state index in [9.17, 15) is 14.6 Å². The Morgan fingerprint density at radius 1 is 1.29 bits per heavy atom. The second-order valence-corrected chi connectivity index (χ2v) is 6.47. The fourth-order valence-electron chi connectivity index (χ4n) is 2.28. The number of phosphoric acid groups is 1. The minimum Gasteiger partial charge on any atom is -0.394 e. The molecule has 0 saturated carbocycles. The summed E-state index contributed by atoms with van der Waals surface area (Å²) in [4.78, 5) is 9.65. The SMILES string of the molecule is [B]C1CC(OP(=O)(O)OCC2CC(O)C([B])O2)C(CO)O1. The summed E-state index contributed by atoms with van der Waals surface area (Å²) in [6.45, 7) is -0.632. The maximum atomic E-state index is 11.8. The number of rotatable bonds is 6. The molecule has 3 N–H and O–H groups in total. The second-order valence-electron chi connectivity index (χ2n) is 5.07. The Morgan fingerprint density at radius 2 is 2.00 bits per heavy atom. The van der Waals surface area contributed by atoms with Gasteiger partial charge in [0.05, 0.1) is 31.5 Å². The third-order valence-electron chi connectivity index (χ3n) is 3.33. The molecule has 0 aromatic heterocycles. The number of aliphatic hydroxyl groups excluding tert-OH is 2. The van der Waals surface area contributed by atoms with E-state index in [0.717, 1.165) is 0 Å². The van der Waals surface area contributed by atoms with Crippen molar-refractivity contribution in [2.75, 3.05) is 13.2 Å². The molecule has 7 atom stereocenters. The third-order valence-corrected chi connectivity index (χ3v) is 4.35. The van der Waals surface area contributed by atoms with Gasteiger partial charge in [0, 0.05) is 18.4 Å². The Labute approximate surface area is 125 Å². The van der Waals surface area contributed by atoms with Crippen molar-refractivity contribution in [3.8, 4) is 0 Å². The van der Waals surface area contributed by atoms with Gasteiger partial charge in [0.2, 0.25) is 0 Å². The molecule has 0 aromatic rings. The van der Waals surface area contributed by atoms with Crippen LogP contribution in [0.2, 0.25) is 0 Å². The van der Waals surface area contributed by atoms with Gasteiger partial charge in [-0.05, 0) is 6.42 Å². The fraction of sp³-hybridized carbons (Fsp3) is 1.00. The van der Waals surface area contributed by atoms with Gasteiger partial charge in [0.25, 0.3) is 0 Å². The summed E-state index contributed by atoms with van der Waals surface area (Å²) in [6, 6.07) is -1.50. The van der Waals surface area contributed by atoms with Gasteiger partial charge in [-0.1, -0.05) is 0 Å². The van der Waals surface area contributed by atoms with Crippen molar-refractivity contribution < 1.29 is 38.2 Å². The van der Waals surface area contributed by atoms with Gasteiger partial charge < -0.3 is 24.6 Å². The molecule has 11 heteroatoms. The first-order valence-corrected chi connectivity index (χ1v) is 8.07. The van der Waals surface area contributed by atoms with Gasteiger partial charge in [-0.3, -0.25) is 9.05 Å². The predicted octanol–water partition coefficient (Wildman–Crippen LogP) is -1.59. The van der Waals surface area contributed by atoms with Crippen LogP contribution in [0.25, 0.3) is 0 Å². The molecule has 0 spiro atoms. The molecule has 2 saturated heterocycles. The Bertz CT molecular complexity index is 389. The molecule has 2 rings (SSSR count). The molecule has 0 bridgehead atoms. The maximum Gasteiger partial charge on any atom is 0.472 e. The molecular formula is C10H17B2O8P. The summed E-state index contributed by atoms with van der Waals surface area (Å²) >= 11 is 0. The summed E-state index contributed by atoms with van der Waals surface area (Å²) < 4.78 is 31.9. The van der Waals surface area contributed by atoms with E-state index in [0.29, 0.717) is 0 Å². The summed E-state index contributed by atoms with van der Waals surface area (Å²) in [7, 11) is 6.61. The van der Waals surface area contributed by atoms with Crippen LogP contribution in [0.1, 0.15) is 12.8 Å². The Balaban J connectivity index is 1.80. The molecule has 2 heterocycles. The lowest BCUT2D eigenvalue weighted by atomic mass is 9.95. The van der Waals surface area contributed by atoms with Crippen molar-refractivity contribution in [3.05, 3.63) is 0 Å². The van der Waals surface area contributed by atoms with Crippen LogP contribution in [0.15, 0.2) is 0 Å². The van der Waals surface area contributed by atoms with Crippen molar-refractivity contribution in [2.24, 2.45) is 0 Å². The smallest absolute Gasteiger partial charge is 0.394 e. The highest BCUT2D eigenvalue weighted by Crippen LogP contribution is 2.47. The quantitative estimate of drug-likeness (QED) is 0.397. The van der Waals surface area contributed by atoms with Crippen LogP contribution in [-0.2, 0) is 23.1 Å². The number of ether oxygens (including phenoxy) is 2. The van der Waals surface area contributed by atoms with E-state index in [4.69, 9.17) is 39.3 Å². The topological polar surface area (TPSA) is 115 Å². The zero-order valence-electron chi connectivity index (χ0n) is 11.3. The normalized spacial score (nSPS) is 43.0. The van der Waals surface area contributed by atoms with Gasteiger partial charge >= 0.3 is 7.82 Å². The Kier molecular flexibility index (Phi) is 5.90. The zero-order chi connectivity index (χ0) is 15.6. The molecule has 21 heavy (non-hydrogen) atoms. The summed E-state index contributed by atoms with van der Waals surface area (Å²) in [5.74, 6) is 0. The lowest BCUT2D eigenvalue weighted by Gasteiger charge is -2.21. The Hall–Kier alpha value is 0.0799. The molecule has 4 radical (unpaired) electrons.